The Labute approximate surface area is 121 Å². The van der Waals surface area contributed by atoms with Crippen molar-refractivity contribution < 1.29 is 19.4 Å². The number of carboxylic acids is 1. The third-order valence-electron chi connectivity index (χ3n) is 3.30. The molecule has 1 atom stereocenters. The Bertz CT molecular complexity index is 382. The minimum Gasteiger partial charge on any atom is -0.480 e. The molecule has 116 valence electrons. The van der Waals surface area contributed by atoms with E-state index >= 15 is 0 Å². The van der Waals surface area contributed by atoms with Crippen LogP contribution in [-0.2, 0) is 9.53 Å². The third kappa shape index (κ3) is 4.12. The number of amides is 1. The van der Waals surface area contributed by atoms with Gasteiger partial charge in [-0.25, -0.2) is 9.59 Å². The van der Waals surface area contributed by atoms with E-state index in [-0.39, 0.29) is 12.0 Å². The molecule has 1 saturated carbocycles. The normalized spacial score (nSPS) is 18.6. The first-order valence-electron chi connectivity index (χ1n) is 7.23. The molecule has 1 aliphatic carbocycles. The highest BCUT2D eigenvalue weighted by Gasteiger charge is 2.50. The predicted molar refractivity (Wildman–Crippen MR) is 76.6 cm³/mol. The molecule has 5 heteroatoms. The van der Waals surface area contributed by atoms with Crippen molar-refractivity contribution in [3.63, 3.8) is 0 Å². The molecule has 0 heterocycles. The van der Waals surface area contributed by atoms with Crippen LogP contribution in [0.3, 0.4) is 0 Å². The number of rotatable bonds is 5. The smallest absolute Gasteiger partial charge is 0.411 e. The standard InChI is InChI=1S/C15H27NO4/c1-10(2)9-15(6,12(17)18)16(11-7-8-11)13(19)20-14(3,4)5/h10-11H,7-9H2,1-6H3,(H,17,18). The molecule has 1 N–H and O–H groups in total. The molecular formula is C15H27NO4. The molecule has 0 aromatic rings. The molecule has 1 fully saturated rings. The topological polar surface area (TPSA) is 66.8 Å². The van der Waals surface area contributed by atoms with E-state index in [1.807, 2.05) is 13.8 Å². The van der Waals surface area contributed by atoms with Crippen LogP contribution in [0.2, 0.25) is 0 Å². The highest BCUT2D eigenvalue weighted by molar-refractivity contribution is 5.84. The van der Waals surface area contributed by atoms with E-state index in [0.29, 0.717) is 6.42 Å². The van der Waals surface area contributed by atoms with E-state index in [4.69, 9.17) is 4.74 Å². The number of carbonyl (C=O) groups excluding carboxylic acids is 1. The minimum absolute atomic E-state index is 0.00954. The molecule has 1 rings (SSSR count). The molecule has 1 aliphatic rings. The van der Waals surface area contributed by atoms with Crippen molar-refractivity contribution in [1.29, 1.82) is 0 Å². The van der Waals surface area contributed by atoms with Gasteiger partial charge in [0.25, 0.3) is 0 Å². The molecule has 20 heavy (non-hydrogen) atoms. The predicted octanol–water partition coefficient (Wildman–Crippen LogP) is 3.28. The number of hydrogen-bond acceptors (Lipinski definition) is 3. The molecule has 0 spiro atoms. The number of hydrogen-bond donors (Lipinski definition) is 1. The lowest BCUT2D eigenvalue weighted by Crippen LogP contribution is -2.57. The monoisotopic (exact) mass is 285 g/mol. The molecular weight excluding hydrogens is 258 g/mol. The summed E-state index contributed by atoms with van der Waals surface area (Å²) in [6.07, 6.45) is 1.59. The van der Waals surface area contributed by atoms with Crippen molar-refractivity contribution in [2.75, 3.05) is 0 Å². The van der Waals surface area contributed by atoms with Gasteiger partial charge in [0.05, 0.1) is 0 Å². The summed E-state index contributed by atoms with van der Waals surface area (Å²) in [6.45, 7) is 10.9. The molecule has 1 unspecified atom stereocenters. The molecule has 0 aromatic carbocycles. The zero-order valence-corrected chi connectivity index (χ0v) is 13.4. The minimum atomic E-state index is -1.21. The Hall–Kier alpha value is -1.26. The van der Waals surface area contributed by atoms with Gasteiger partial charge in [0.1, 0.15) is 11.1 Å². The van der Waals surface area contributed by atoms with Gasteiger partial charge in [-0.1, -0.05) is 13.8 Å². The molecule has 5 nitrogen and oxygen atoms in total. The van der Waals surface area contributed by atoms with Gasteiger partial charge in [-0.3, -0.25) is 4.90 Å². The third-order valence-corrected chi connectivity index (χ3v) is 3.30. The first-order valence-corrected chi connectivity index (χ1v) is 7.23. The lowest BCUT2D eigenvalue weighted by Gasteiger charge is -2.40. The van der Waals surface area contributed by atoms with Gasteiger partial charge in [0.2, 0.25) is 0 Å². The number of ether oxygens (including phenoxy) is 1. The van der Waals surface area contributed by atoms with Crippen LogP contribution >= 0.6 is 0 Å². The van der Waals surface area contributed by atoms with Crippen LogP contribution in [0.4, 0.5) is 4.79 Å². The number of nitrogens with zero attached hydrogens (tertiary/aromatic N) is 1. The summed E-state index contributed by atoms with van der Waals surface area (Å²) in [5, 5.41) is 9.63. The molecule has 1 amide bonds. The highest BCUT2D eigenvalue weighted by atomic mass is 16.6. The van der Waals surface area contributed by atoms with Crippen LogP contribution in [-0.4, -0.2) is 39.3 Å². The Morgan fingerprint density at radius 2 is 1.75 bits per heavy atom. The molecule has 0 bridgehead atoms. The number of aliphatic carboxylic acids is 1. The number of carboxylic acid groups (broad SMARTS) is 1. The van der Waals surface area contributed by atoms with Gasteiger partial charge >= 0.3 is 12.1 Å². The summed E-state index contributed by atoms with van der Waals surface area (Å²) >= 11 is 0. The van der Waals surface area contributed by atoms with Crippen LogP contribution in [0.5, 0.6) is 0 Å². The Morgan fingerprint density at radius 3 is 2.05 bits per heavy atom. The summed E-state index contributed by atoms with van der Waals surface area (Å²) < 4.78 is 5.40. The Kier molecular flexibility index (Phi) is 4.72. The van der Waals surface area contributed by atoms with Crippen LogP contribution in [0.15, 0.2) is 0 Å². The van der Waals surface area contributed by atoms with Crippen molar-refractivity contribution >= 4 is 12.1 Å². The Balaban J connectivity index is 3.03. The second kappa shape index (κ2) is 5.62. The number of carbonyl (C=O) groups is 2. The summed E-state index contributed by atoms with van der Waals surface area (Å²) in [5.41, 5.74) is -1.83. The van der Waals surface area contributed by atoms with Crippen molar-refractivity contribution in [1.82, 2.24) is 4.90 Å². The summed E-state index contributed by atoms with van der Waals surface area (Å²) in [7, 11) is 0. The fourth-order valence-electron chi connectivity index (χ4n) is 2.48. The zero-order valence-electron chi connectivity index (χ0n) is 13.4. The van der Waals surface area contributed by atoms with Crippen molar-refractivity contribution in [2.24, 2.45) is 5.92 Å². The van der Waals surface area contributed by atoms with Gasteiger partial charge in [-0.2, -0.15) is 0 Å². The zero-order chi connectivity index (χ0) is 15.7. The van der Waals surface area contributed by atoms with Gasteiger partial charge in [0.15, 0.2) is 0 Å². The van der Waals surface area contributed by atoms with E-state index in [1.165, 1.54) is 4.90 Å². The molecule has 0 aliphatic heterocycles. The van der Waals surface area contributed by atoms with Crippen LogP contribution in [0, 0.1) is 5.92 Å². The summed E-state index contributed by atoms with van der Waals surface area (Å²) in [4.78, 5) is 25.6. The first kappa shape index (κ1) is 16.8. The maximum absolute atomic E-state index is 12.4. The average molecular weight is 285 g/mol. The van der Waals surface area contributed by atoms with Gasteiger partial charge in [0, 0.05) is 6.04 Å². The van der Waals surface area contributed by atoms with E-state index in [1.54, 1.807) is 27.7 Å². The fraction of sp³-hybridized carbons (Fsp3) is 0.867. The SMILES string of the molecule is CC(C)CC(C)(C(=O)O)N(C(=O)OC(C)(C)C)C1CC1. The second-order valence-electron chi connectivity index (χ2n) is 7.26. The van der Waals surface area contributed by atoms with Crippen LogP contribution in [0.1, 0.15) is 60.8 Å². The highest BCUT2D eigenvalue weighted by Crippen LogP contribution is 2.37. The summed E-state index contributed by atoms with van der Waals surface area (Å²) in [5.74, 6) is -0.788. The van der Waals surface area contributed by atoms with Crippen molar-refractivity contribution in [3.8, 4) is 0 Å². The van der Waals surface area contributed by atoms with Crippen LogP contribution < -0.4 is 0 Å². The van der Waals surface area contributed by atoms with Crippen molar-refractivity contribution in [2.45, 2.75) is 78.0 Å². The maximum Gasteiger partial charge on any atom is 0.411 e. The average Bonchev–Trinajstić information content (AvgIpc) is 2.97. The second-order valence-corrected chi connectivity index (χ2v) is 7.26. The Morgan fingerprint density at radius 1 is 1.25 bits per heavy atom. The van der Waals surface area contributed by atoms with Gasteiger partial charge in [-0.15, -0.1) is 0 Å². The van der Waals surface area contributed by atoms with E-state index < -0.39 is 23.2 Å². The largest absolute Gasteiger partial charge is 0.480 e. The molecule has 0 saturated heterocycles. The quantitative estimate of drug-likeness (QED) is 0.841. The van der Waals surface area contributed by atoms with Gasteiger partial charge < -0.3 is 9.84 Å². The lowest BCUT2D eigenvalue weighted by molar-refractivity contribution is -0.151. The lowest BCUT2D eigenvalue weighted by atomic mass is 9.89. The van der Waals surface area contributed by atoms with E-state index in [2.05, 4.69) is 0 Å². The maximum atomic E-state index is 12.4. The fourth-order valence-corrected chi connectivity index (χ4v) is 2.48. The van der Waals surface area contributed by atoms with Crippen molar-refractivity contribution in [3.05, 3.63) is 0 Å². The van der Waals surface area contributed by atoms with Crippen LogP contribution in [0.25, 0.3) is 0 Å². The molecule has 0 radical (unpaired) electrons. The summed E-state index contributed by atoms with van der Waals surface area (Å²) in [6, 6.07) is -0.00954. The van der Waals surface area contributed by atoms with E-state index in [9.17, 15) is 14.7 Å². The van der Waals surface area contributed by atoms with Gasteiger partial charge in [-0.05, 0) is 52.9 Å². The first-order chi connectivity index (χ1) is 8.97. The van der Waals surface area contributed by atoms with E-state index in [0.717, 1.165) is 12.8 Å². The molecule has 0 aromatic heterocycles.